The Hall–Kier alpha value is -1.91. The second kappa shape index (κ2) is 7.97. The van der Waals surface area contributed by atoms with Gasteiger partial charge in [0.2, 0.25) is 10.0 Å². The van der Waals surface area contributed by atoms with E-state index < -0.39 is 10.0 Å². The standard InChI is InChI=1S/C21H24N4O3S2/c26-21-16-5-4-6-18-20(16)25(14-22-21)17-8-7-15(13-19(17)29-18)30(27,28)23-9-12-24-10-2-1-3-11-24/h4-8,13,23H,1-3,9-12,14H2,(H,22,26)/p+1. The molecule has 3 heterocycles. The van der Waals surface area contributed by atoms with Crippen LogP contribution in [0.5, 0.6) is 0 Å². The van der Waals surface area contributed by atoms with E-state index in [4.69, 9.17) is 0 Å². The Kier molecular flexibility index (Phi) is 5.32. The molecular weight excluding hydrogens is 420 g/mol. The lowest BCUT2D eigenvalue weighted by atomic mass is 10.1. The molecule has 0 aliphatic carbocycles. The molecule has 158 valence electrons. The summed E-state index contributed by atoms with van der Waals surface area (Å²) in [6, 6.07) is 11.0. The summed E-state index contributed by atoms with van der Waals surface area (Å²) in [6.07, 6.45) is 3.65. The van der Waals surface area contributed by atoms with Crippen molar-refractivity contribution in [3.05, 3.63) is 42.0 Å². The molecule has 0 saturated carbocycles. The van der Waals surface area contributed by atoms with Gasteiger partial charge in [0.25, 0.3) is 0 Å². The van der Waals surface area contributed by atoms with Crippen molar-refractivity contribution >= 4 is 39.1 Å². The van der Waals surface area contributed by atoms with Crippen LogP contribution in [0.15, 0.2) is 51.1 Å². The lowest BCUT2D eigenvalue weighted by Crippen LogP contribution is -2.92. The smallest absolute Gasteiger partial charge is 0.302 e. The van der Waals surface area contributed by atoms with Crippen LogP contribution >= 0.6 is 11.8 Å². The maximum atomic E-state index is 12.9. The predicted molar refractivity (Wildman–Crippen MR) is 116 cm³/mol. The first-order chi connectivity index (χ1) is 14.5. The molecule has 0 unspecified atom stereocenters. The molecule has 0 radical (unpaired) electrons. The minimum atomic E-state index is -3.57. The van der Waals surface area contributed by atoms with E-state index in [0.29, 0.717) is 18.8 Å². The summed E-state index contributed by atoms with van der Waals surface area (Å²) in [5, 5.41) is 1.68. The lowest BCUT2D eigenvalue weighted by Gasteiger charge is -2.34. The number of fused-ring (bicyclic) bond motifs is 2. The second-order valence-electron chi connectivity index (χ2n) is 7.86. The molecule has 30 heavy (non-hydrogen) atoms. The third-order valence-corrected chi connectivity index (χ3v) is 8.47. The van der Waals surface area contributed by atoms with Gasteiger partial charge in [-0.15, -0.1) is 0 Å². The minimum Gasteiger partial charge on any atom is -0.302 e. The van der Waals surface area contributed by atoms with Crippen LogP contribution in [-0.2, 0) is 10.0 Å². The molecular formula is C21H25N4O3S2+. The normalized spacial score (nSPS) is 18.8. The Bertz CT molecular complexity index is 1100. The Morgan fingerprint density at radius 2 is 1.90 bits per heavy atom. The maximum Gasteiger partial charge on any atom is 0.346 e. The van der Waals surface area contributed by atoms with Crippen molar-refractivity contribution in [2.75, 3.05) is 37.7 Å². The number of carbonyl (C=O) groups is 1. The van der Waals surface area contributed by atoms with Crippen molar-refractivity contribution in [2.45, 2.75) is 33.9 Å². The van der Waals surface area contributed by atoms with E-state index >= 15 is 0 Å². The van der Waals surface area contributed by atoms with Crippen molar-refractivity contribution in [1.82, 2.24) is 9.62 Å². The van der Waals surface area contributed by atoms with Gasteiger partial charge in [-0.1, -0.05) is 24.2 Å². The Morgan fingerprint density at radius 3 is 2.73 bits per heavy atom. The van der Waals surface area contributed by atoms with Gasteiger partial charge in [0.1, 0.15) is 5.56 Å². The molecule has 0 spiro atoms. The van der Waals surface area contributed by atoms with Crippen LogP contribution in [0.25, 0.3) is 0 Å². The van der Waals surface area contributed by atoms with E-state index in [-0.39, 0.29) is 10.8 Å². The van der Waals surface area contributed by atoms with E-state index in [1.807, 2.05) is 24.3 Å². The zero-order valence-electron chi connectivity index (χ0n) is 16.6. The van der Waals surface area contributed by atoms with E-state index in [9.17, 15) is 13.2 Å². The van der Waals surface area contributed by atoms with E-state index in [2.05, 4.69) is 14.5 Å². The zero-order valence-corrected chi connectivity index (χ0v) is 18.3. The number of nitrogens with one attached hydrogen (secondary N) is 1. The Morgan fingerprint density at radius 1 is 1.07 bits per heavy atom. The van der Waals surface area contributed by atoms with Gasteiger partial charge in [-0.2, -0.15) is 0 Å². The molecule has 2 aromatic carbocycles. The van der Waals surface area contributed by atoms with E-state index in [1.165, 1.54) is 31.0 Å². The second-order valence-corrected chi connectivity index (χ2v) is 10.7. The molecule has 7 nitrogen and oxygen atoms in total. The zero-order chi connectivity index (χ0) is 20.7. The molecule has 0 atom stereocenters. The molecule has 0 bridgehead atoms. The largest absolute Gasteiger partial charge is 0.346 e. The van der Waals surface area contributed by atoms with Crippen LogP contribution in [0.4, 0.5) is 11.4 Å². The van der Waals surface area contributed by atoms with Crippen molar-refractivity contribution < 1.29 is 18.5 Å². The molecule has 1 saturated heterocycles. The molecule has 1 amide bonds. The van der Waals surface area contributed by atoms with Gasteiger partial charge in [0, 0.05) is 22.9 Å². The van der Waals surface area contributed by atoms with Gasteiger partial charge in [0.05, 0.1) is 16.3 Å². The highest BCUT2D eigenvalue weighted by molar-refractivity contribution is 7.99. The van der Waals surface area contributed by atoms with Crippen molar-refractivity contribution in [3.8, 4) is 0 Å². The number of nitrogens with zero attached hydrogens (tertiary/aromatic N) is 2. The summed E-state index contributed by atoms with van der Waals surface area (Å²) in [6.45, 7) is 3.76. The van der Waals surface area contributed by atoms with Gasteiger partial charge in [-0.05, 0) is 56.3 Å². The number of hydrogen-bond donors (Lipinski definition) is 2. The summed E-state index contributed by atoms with van der Waals surface area (Å²) in [5.41, 5.74) is 2.57. The molecule has 3 aliphatic rings. The van der Waals surface area contributed by atoms with Crippen LogP contribution in [-0.4, -0.2) is 52.1 Å². The van der Waals surface area contributed by atoms with Gasteiger partial charge in [-0.3, -0.25) is 10.2 Å². The highest BCUT2D eigenvalue weighted by Gasteiger charge is 2.34. The number of sulfonamides is 1. The fourth-order valence-electron chi connectivity index (χ4n) is 4.37. The van der Waals surface area contributed by atoms with Crippen LogP contribution in [0.1, 0.15) is 29.6 Å². The molecule has 9 heteroatoms. The van der Waals surface area contributed by atoms with Gasteiger partial charge in [-0.25, -0.2) is 17.9 Å². The molecule has 0 aromatic heterocycles. The summed E-state index contributed by atoms with van der Waals surface area (Å²) in [4.78, 5) is 18.8. The van der Waals surface area contributed by atoms with Gasteiger partial charge >= 0.3 is 5.91 Å². The quantitative estimate of drug-likeness (QED) is 0.729. The highest BCUT2D eigenvalue weighted by Crippen LogP contribution is 2.50. The van der Waals surface area contributed by atoms with Crippen LogP contribution < -0.4 is 14.9 Å². The first-order valence-corrected chi connectivity index (χ1v) is 12.6. The summed E-state index contributed by atoms with van der Waals surface area (Å²) in [7, 11) is -3.57. The molecule has 5 rings (SSSR count). The van der Waals surface area contributed by atoms with Crippen molar-refractivity contribution in [2.24, 2.45) is 0 Å². The number of piperidine rings is 1. The minimum absolute atomic E-state index is 0.0456. The molecule has 2 aromatic rings. The monoisotopic (exact) mass is 445 g/mol. The summed E-state index contributed by atoms with van der Waals surface area (Å²) in [5.74, 6) is 0.0456. The summed E-state index contributed by atoms with van der Waals surface area (Å²) >= 11 is 1.52. The Balaban J connectivity index is 1.37. The number of para-hydroxylation sites is 1. The number of hydrogen-bond acceptors (Lipinski definition) is 6. The third kappa shape index (κ3) is 3.65. The maximum absolute atomic E-state index is 12.9. The third-order valence-electron chi connectivity index (χ3n) is 5.91. The number of benzene rings is 2. The lowest BCUT2D eigenvalue weighted by molar-refractivity contribution is -0.555. The van der Waals surface area contributed by atoms with Crippen LogP contribution in [0, 0.1) is 0 Å². The van der Waals surface area contributed by atoms with Crippen molar-refractivity contribution in [1.29, 1.82) is 0 Å². The fraction of sp³-hybridized carbons (Fsp3) is 0.381. The van der Waals surface area contributed by atoms with Crippen LogP contribution in [0.2, 0.25) is 0 Å². The van der Waals surface area contributed by atoms with Crippen molar-refractivity contribution in [3.63, 3.8) is 0 Å². The van der Waals surface area contributed by atoms with Crippen LogP contribution in [0.3, 0.4) is 0 Å². The average Bonchev–Trinajstić information content (AvgIpc) is 2.76. The number of primary amides is 1. The number of carbonyl (C=O) groups excluding carboxylic acids is 1. The average molecular weight is 446 g/mol. The number of amides is 1. The fourth-order valence-corrected chi connectivity index (χ4v) is 6.66. The number of nitrogens with two attached hydrogens (primary N) is 1. The van der Waals surface area contributed by atoms with E-state index in [0.717, 1.165) is 40.8 Å². The first kappa shape index (κ1) is 20.0. The molecule has 3 N–H and O–H groups in total. The Labute approximate surface area is 180 Å². The highest BCUT2D eigenvalue weighted by atomic mass is 32.2. The number of quaternary nitrogens is 1. The number of anilines is 2. The number of likely N-dealkylation sites (tertiary alicyclic amines) is 1. The van der Waals surface area contributed by atoms with E-state index in [1.54, 1.807) is 17.4 Å². The van der Waals surface area contributed by atoms with Gasteiger partial charge in [0.15, 0.2) is 6.67 Å². The predicted octanol–water partition coefficient (Wildman–Crippen LogP) is 1.73. The number of rotatable bonds is 5. The topological polar surface area (TPSA) is 86.3 Å². The first-order valence-electron chi connectivity index (χ1n) is 10.3. The van der Waals surface area contributed by atoms with Gasteiger partial charge < -0.3 is 4.90 Å². The summed E-state index contributed by atoms with van der Waals surface area (Å²) < 4.78 is 28.5. The SMILES string of the molecule is O=C1[NH2+]CN2c3ccc(S(=O)(=O)NCCN4CCCCC4)cc3Sc3cccc1c32. The molecule has 3 aliphatic heterocycles. The molecule has 1 fully saturated rings.